The van der Waals surface area contributed by atoms with Crippen LogP contribution in [0.4, 0.5) is 0 Å². The van der Waals surface area contributed by atoms with E-state index in [0.29, 0.717) is 6.04 Å². The lowest BCUT2D eigenvalue weighted by Crippen LogP contribution is -2.15. The first-order chi connectivity index (χ1) is 8.36. The highest BCUT2D eigenvalue weighted by molar-refractivity contribution is 5.54. The maximum Gasteiger partial charge on any atom is 0.164 e. The Hall–Kier alpha value is -1.75. The molecule has 1 saturated heterocycles. The second-order valence-corrected chi connectivity index (χ2v) is 4.32. The van der Waals surface area contributed by atoms with Gasteiger partial charge < -0.3 is 9.88 Å². The van der Waals surface area contributed by atoms with E-state index in [0.717, 1.165) is 36.7 Å². The fourth-order valence-corrected chi connectivity index (χ4v) is 2.36. The molecule has 3 rings (SSSR count). The number of rotatable bonds is 2. The third-order valence-electron chi connectivity index (χ3n) is 3.20. The van der Waals surface area contributed by atoms with Crippen LogP contribution >= 0.6 is 0 Å². The van der Waals surface area contributed by atoms with Crippen molar-refractivity contribution in [2.45, 2.75) is 19.4 Å². The van der Waals surface area contributed by atoms with Crippen molar-refractivity contribution in [3.05, 3.63) is 30.4 Å². The highest BCUT2D eigenvalue weighted by atomic mass is 15.3. The molecule has 1 aliphatic rings. The van der Waals surface area contributed by atoms with Crippen molar-refractivity contribution < 1.29 is 0 Å². The first-order valence-electron chi connectivity index (χ1n) is 5.89. The molecule has 0 spiro atoms. The van der Waals surface area contributed by atoms with Crippen LogP contribution in [0, 0.1) is 6.92 Å². The van der Waals surface area contributed by atoms with E-state index < -0.39 is 0 Å². The lowest BCUT2D eigenvalue weighted by atomic mass is 10.2. The molecule has 3 heterocycles. The van der Waals surface area contributed by atoms with E-state index in [1.54, 1.807) is 12.4 Å². The molecule has 1 atom stereocenters. The van der Waals surface area contributed by atoms with Crippen molar-refractivity contribution in [1.82, 2.24) is 25.1 Å². The number of aryl methyl sites for hydroxylation is 1. The third kappa shape index (κ3) is 1.82. The highest BCUT2D eigenvalue weighted by Gasteiger charge is 2.22. The lowest BCUT2D eigenvalue weighted by molar-refractivity contribution is 0.537. The van der Waals surface area contributed by atoms with Crippen LogP contribution in [0.3, 0.4) is 0 Å². The Morgan fingerprint density at radius 3 is 2.82 bits per heavy atom. The molecule has 0 radical (unpaired) electrons. The Labute approximate surface area is 99.9 Å². The first kappa shape index (κ1) is 10.4. The summed E-state index contributed by atoms with van der Waals surface area (Å²) in [6.07, 6.45) is 4.71. The van der Waals surface area contributed by atoms with Gasteiger partial charge in [0.05, 0.1) is 6.04 Å². The average molecular weight is 229 g/mol. The van der Waals surface area contributed by atoms with Gasteiger partial charge in [0.25, 0.3) is 0 Å². The summed E-state index contributed by atoms with van der Waals surface area (Å²) in [5.74, 6) is 1.92. The van der Waals surface area contributed by atoms with E-state index >= 15 is 0 Å². The molecule has 2 aromatic heterocycles. The normalized spacial score (nSPS) is 19.7. The van der Waals surface area contributed by atoms with Crippen molar-refractivity contribution in [2.75, 3.05) is 13.1 Å². The summed E-state index contributed by atoms with van der Waals surface area (Å²) in [5.41, 5.74) is 1.08. The van der Waals surface area contributed by atoms with Crippen molar-refractivity contribution in [1.29, 1.82) is 0 Å². The SMILES string of the molecule is Cc1nnc(-c2ccncc2)n1C1CCNC1. The molecule has 0 aliphatic carbocycles. The van der Waals surface area contributed by atoms with Crippen LogP contribution < -0.4 is 5.32 Å². The van der Waals surface area contributed by atoms with E-state index in [1.807, 2.05) is 19.1 Å². The molecule has 1 unspecified atom stereocenters. The summed E-state index contributed by atoms with van der Waals surface area (Å²) >= 11 is 0. The standard InChI is InChI=1S/C12H15N5/c1-9-15-16-12(10-2-5-13-6-3-10)17(9)11-4-7-14-8-11/h2-3,5-6,11,14H,4,7-8H2,1H3. The quantitative estimate of drug-likeness (QED) is 0.840. The summed E-state index contributed by atoms with van der Waals surface area (Å²) in [6, 6.07) is 4.41. The largest absolute Gasteiger partial charge is 0.315 e. The van der Waals surface area contributed by atoms with Gasteiger partial charge in [-0.3, -0.25) is 4.98 Å². The lowest BCUT2D eigenvalue weighted by Gasteiger charge is -2.15. The number of nitrogens with one attached hydrogen (secondary N) is 1. The van der Waals surface area contributed by atoms with Gasteiger partial charge in [-0.05, 0) is 32.0 Å². The number of hydrogen-bond acceptors (Lipinski definition) is 4. The minimum absolute atomic E-state index is 0.466. The molecule has 5 heteroatoms. The molecule has 17 heavy (non-hydrogen) atoms. The van der Waals surface area contributed by atoms with E-state index in [9.17, 15) is 0 Å². The molecule has 5 nitrogen and oxygen atoms in total. The molecule has 0 saturated carbocycles. The Morgan fingerprint density at radius 2 is 2.12 bits per heavy atom. The smallest absolute Gasteiger partial charge is 0.164 e. The molecule has 88 valence electrons. The molecule has 2 aromatic rings. The van der Waals surface area contributed by atoms with Gasteiger partial charge in [0.1, 0.15) is 5.82 Å². The predicted octanol–water partition coefficient (Wildman–Crippen LogP) is 1.18. The van der Waals surface area contributed by atoms with Crippen molar-refractivity contribution in [3.63, 3.8) is 0 Å². The van der Waals surface area contributed by atoms with Crippen LogP contribution in [0.25, 0.3) is 11.4 Å². The number of hydrogen-bond donors (Lipinski definition) is 1. The van der Waals surface area contributed by atoms with Gasteiger partial charge in [-0.15, -0.1) is 10.2 Å². The van der Waals surface area contributed by atoms with Gasteiger partial charge in [-0.1, -0.05) is 0 Å². The van der Waals surface area contributed by atoms with Crippen LogP contribution in [-0.2, 0) is 0 Å². The van der Waals surface area contributed by atoms with E-state index in [1.165, 1.54) is 0 Å². The minimum atomic E-state index is 0.466. The topological polar surface area (TPSA) is 55.6 Å². The third-order valence-corrected chi connectivity index (χ3v) is 3.20. The van der Waals surface area contributed by atoms with Gasteiger partial charge in [-0.2, -0.15) is 0 Å². The number of nitrogens with zero attached hydrogens (tertiary/aromatic N) is 4. The molecular formula is C12H15N5. The Morgan fingerprint density at radius 1 is 1.29 bits per heavy atom. The molecular weight excluding hydrogens is 214 g/mol. The van der Waals surface area contributed by atoms with Gasteiger partial charge in [0.15, 0.2) is 5.82 Å². The van der Waals surface area contributed by atoms with E-state index in [4.69, 9.17) is 0 Å². The first-order valence-corrected chi connectivity index (χ1v) is 5.89. The monoisotopic (exact) mass is 229 g/mol. The van der Waals surface area contributed by atoms with E-state index in [-0.39, 0.29) is 0 Å². The van der Waals surface area contributed by atoms with Crippen molar-refractivity contribution >= 4 is 0 Å². The average Bonchev–Trinajstić information content (AvgIpc) is 2.99. The number of pyridine rings is 1. The van der Waals surface area contributed by atoms with Gasteiger partial charge >= 0.3 is 0 Å². The van der Waals surface area contributed by atoms with Crippen LogP contribution in [-0.4, -0.2) is 32.8 Å². The van der Waals surface area contributed by atoms with Gasteiger partial charge in [-0.25, -0.2) is 0 Å². The van der Waals surface area contributed by atoms with Crippen molar-refractivity contribution in [2.24, 2.45) is 0 Å². The summed E-state index contributed by atoms with van der Waals surface area (Å²) in [4.78, 5) is 4.04. The second kappa shape index (κ2) is 4.25. The number of aromatic nitrogens is 4. The summed E-state index contributed by atoms with van der Waals surface area (Å²) < 4.78 is 2.23. The van der Waals surface area contributed by atoms with Crippen LogP contribution in [0.2, 0.25) is 0 Å². The molecule has 0 amide bonds. The molecule has 1 N–H and O–H groups in total. The minimum Gasteiger partial charge on any atom is -0.315 e. The van der Waals surface area contributed by atoms with Crippen LogP contribution in [0.15, 0.2) is 24.5 Å². The maximum absolute atomic E-state index is 4.29. The summed E-state index contributed by atoms with van der Waals surface area (Å²) in [7, 11) is 0. The zero-order chi connectivity index (χ0) is 11.7. The Bertz CT molecular complexity index is 499. The molecule has 1 aliphatic heterocycles. The van der Waals surface area contributed by atoms with Gasteiger partial charge in [0.2, 0.25) is 0 Å². The van der Waals surface area contributed by atoms with Crippen LogP contribution in [0.1, 0.15) is 18.3 Å². The Kier molecular flexibility index (Phi) is 2.60. The van der Waals surface area contributed by atoms with Gasteiger partial charge in [0, 0.05) is 24.5 Å². The summed E-state index contributed by atoms with van der Waals surface area (Å²) in [6.45, 7) is 4.07. The summed E-state index contributed by atoms with van der Waals surface area (Å²) in [5, 5.41) is 11.9. The zero-order valence-corrected chi connectivity index (χ0v) is 9.80. The second-order valence-electron chi connectivity index (χ2n) is 4.32. The molecule has 0 bridgehead atoms. The molecule has 0 aromatic carbocycles. The highest BCUT2D eigenvalue weighted by Crippen LogP contribution is 2.24. The van der Waals surface area contributed by atoms with Crippen molar-refractivity contribution in [3.8, 4) is 11.4 Å². The maximum atomic E-state index is 4.29. The fraction of sp³-hybridized carbons (Fsp3) is 0.417. The Balaban J connectivity index is 2.06. The van der Waals surface area contributed by atoms with Crippen LogP contribution in [0.5, 0.6) is 0 Å². The molecule has 1 fully saturated rings. The zero-order valence-electron chi connectivity index (χ0n) is 9.80. The van der Waals surface area contributed by atoms with E-state index in [2.05, 4.69) is 25.1 Å². The fourth-order valence-electron chi connectivity index (χ4n) is 2.36. The predicted molar refractivity (Wildman–Crippen MR) is 64.5 cm³/mol.